The van der Waals surface area contributed by atoms with Crippen LogP contribution in [0.5, 0.6) is 11.5 Å². The molecule has 0 unspecified atom stereocenters. The summed E-state index contributed by atoms with van der Waals surface area (Å²) in [5.74, 6) is 1.30. The number of halogens is 1. The van der Waals surface area contributed by atoms with E-state index in [1.165, 1.54) is 12.1 Å². The number of non-ortho nitro benzene ring substituents is 1. The Hall–Kier alpha value is -3.39. The van der Waals surface area contributed by atoms with Gasteiger partial charge in [-0.25, -0.2) is 5.01 Å². The predicted octanol–water partition coefficient (Wildman–Crippen LogP) is 5.61. The molecule has 156 valence electrons. The van der Waals surface area contributed by atoms with Crippen LogP contribution in [0, 0.1) is 10.1 Å². The fourth-order valence-corrected chi connectivity index (χ4v) is 4.52. The Kier molecular flexibility index (Phi) is 4.86. The van der Waals surface area contributed by atoms with Gasteiger partial charge in [0.2, 0.25) is 6.23 Å². The van der Waals surface area contributed by atoms with E-state index in [1.807, 2.05) is 47.5 Å². The van der Waals surface area contributed by atoms with Crippen molar-refractivity contribution in [2.45, 2.75) is 18.7 Å². The van der Waals surface area contributed by atoms with Crippen molar-refractivity contribution in [2.24, 2.45) is 5.10 Å². The van der Waals surface area contributed by atoms with E-state index in [1.54, 1.807) is 19.2 Å². The quantitative estimate of drug-likeness (QED) is 0.359. The van der Waals surface area contributed by atoms with Crippen LogP contribution in [0.2, 0.25) is 0 Å². The number of hydrogen-bond acceptors (Lipinski definition) is 6. The molecule has 5 rings (SSSR count). The molecule has 2 heterocycles. The van der Waals surface area contributed by atoms with Crippen molar-refractivity contribution < 1.29 is 14.4 Å². The van der Waals surface area contributed by atoms with Crippen LogP contribution < -0.4 is 9.47 Å². The summed E-state index contributed by atoms with van der Waals surface area (Å²) in [4.78, 5) is 10.7. The largest absolute Gasteiger partial charge is 0.493 e. The number of nitro benzene ring substituents is 1. The van der Waals surface area contributed by atoms with Gasteiger partial charge in [-0.1, -0.05) is 46.3 Å². The third-order valence-corrected chi connectivity index (χ3v) is 5.99. The first kappa shape index (κ1) is 19.6. The Morgan fingerprint density at radius 3 is 2.58 bits per heavy atom. The second-order valence-corrected chi connectivity index (χ2v) is 8.27. The van der Waals surface area contributed by atoms with Crippen molar-refractivity contribution >= 4 is 27.3 Å². The molecule has 0 amide bonds. The first-order valence-corrected chi connectivity index (χ1v) is 10.5. The summed E-state index contributed by atoms with van der Waals surface area (Å²) < 4.78 is 12.9. The van der Waals surface area contributed by atoms with Gasteiger partial charge in [-0.2, -0.15) is 5.10 Å². The van der Waals surface area contributed by atoms with Gasteiger partial charge >= 0.3 is 0 Å². The van der Waals surface area contributed by atoms with Gasteiger partial charge in [0, 0.05) is 34.2 Å². The molecule has 0 N–H and O–H groups in total. The third-order valence-electron chi connectivity index (χ3n) is 5.54. The molecule has 2 aliphatic rings. The molecule has 3 aromatic rings. The monoisotopic (exact) mass is 479 g/mol. The highest BCUT2D eigenvalue weighted by Crippen LogP contribution is 2.51. The summed E-state index contributed by atoms with van der Waals surface area (Å²) in [6.45, 7) is 0. The van der Waals surface area contributed by atoms with E-state index >= 15 is 0 Å². The Bertz CT molecular complexity index is 1180. The fraction of sp³-hybridized carbons (Fsp3) is 0.174. The minimum Gasteiger partial charge on any atom is -0.493 e. The number of fused-ring (bicyclic) bond motifs is 3. The molecule has 3 aromatic carbocycles. The van der Waals surface area contributed by atoms with E-state index in [9.17, 15) is 10.1 Å². The zero-order valence-corrected chi connectivity index (χ0v) is 18.2. The maximum absolute atomic E-state index is 11.1. The summed E-state index contributed by atoms with van der Waals surface area (Å²) in [5, 5.41) is 17.9. The summed E-state index contributed by atoms with van der Waals surface area (Å²) in [7, 11) is 1.61. The molecule has 2 atom stereocenters. The molecule has 0 spiro atoms. The van der Waals surface area contributed by atoms with Crippen LogP contribution in [0.3, 0.4) is 0 Å². The van der Waals surface area contributed by atoms with Crippen molar-refractivity contribution in [2.75, 3.05) is 7.11 Å². The van der Waals surface area contributed by atoms with Gasteiger partial charge < -0.3 is 9.47 Å². The van der Waals surface area contributed by atoms with Crippen LogP contribution in [0.25, 0.3) is 0 Å². The number of hydrogen-bond donors (Lipinski definition) is 0. The minimum absolute atomic E-state index is 0.0351. The molecule has 7 nitrogen and oxygen atoms in total. The van der Waals surface area contributed by atoms with Crippen LogP contribution in [0.1, 0.15) is 35.4 Å². The lowest BCUT2D eigenvalue weighted by molar-refractivity contribution is -0.384. The van der Waals surface area contributed by atoms with Crippen molar-refractivity contribution in [3.05, 3.63) is 98.0 Å². The van der Waals surface area contributed by atoms with Gasteiger partial charge in [-0.3, -0.25) is 10.1 Å². The summed E-state index contributed by atoms with van der Waals surface area (Å²) in [6, 6.07) is 20.3. The number of rotatable bonds is 4. The topological polar surface area (TPSA) is 77.2 Å². The molecular formula is C23H18BrN3O4. The molecule has 0 aromatic heterocycles. The number of methoxy groups -OCH3 is 1. The number of hydrazone groups is 1. The van der Waals surface area contributed by atoms with Crippen molar-refractivity contribution in [3.8, 4) is 11.5 Å². The van der Waals surface area contributed by atoms with Gasteiger partial charge in [0.05, 0.1) is 23.8 Å². The minimum atomic E-state index is -0.533. The standard InChI is InChI=1S/C23H18BrN3O4/c1-30-21-12-16(24)11-18-20-13-19(14-5-3-2-4-6-14)25-26(20)23(31-22(18)21)15-7-9-17(10-8-15)27(28)29/h2-12,20,23H,13H2,1H3/t20-,23-/m1/s1. The molecule has 0 fully saturated rings. The first-order chi connectivity index (χ1) is 15.0. The molecule has 0 bridgehead atoms. The first-order valence-electron chi connectivity index (χ1n) is 9.75. The molecule has 0 aliphatic carbocycles. The zero-order valence-electron chi connectivity index (χ0n) is 16.6. The summed E-state index contributed by atoms with van der Waals surface area (Å²) in [6.07, 6.45) is 0.179. The normalized spacial score (nSPS) is 19.2. The van der Waals surface area contributed by atoms with E-state index in [-0.39, 0.29) is 11.7 Å². The SMILES string of the molecule is COc1cc(Br)cc2c1O[C@H](c1ccc([N+](=O)[O-])cc1)N1N=C(c3ccccc3)C[C@H]21. The molecule has 0 saturated carbocycles. The Morgan fingerprint density at radius 1 is 1.16 bits per heavy atom. The zero-order chi connectivity index (χ0) is 21.5. The lowest BCUT2D eigenvalue weighted by Gasteiger charge is -2.38. The highest BCUT2D eigenvalue weighted by molar-refractivity contribution is 9.10. The van der Waals surface area contributed by atoms with Gasteiger partial charge in [0.1, 0.15) is 0 Å². The summed E-state index contributed by atoms with van der Waals surface area (Å²) in [5.41, 5.74) is 3.83. The maximum atomic E-state index is 11.1. The number of nitrogens with zero attached hydrogens (tertiary/aromatic N) is 3. The Balaban J connectivity index is 1.62. The lowest BCUT2D eigenvalue weighted by Crippen LogP contribution is -2.34. The van der Waals surface area contributed by atoms with E-state index in [0.717, 1.165) is 26.9 Å². The van der Waals surface area contributed by atoms with Crippen LogP contribution in [0.4, 0.5) is 5.69 Å². The van der Waals surface area contributed by atoms with Crippen LogP contribution in [-0.4, -0.2) is 22.8 Å². The average molecular weight is 480 g/mol. The van der Waals surface area contributed by atoms with Crippen molar-refractivity contribution in [1.29, 1.82) is 0 Å². The van der Waals surface area contributed by atoms with Crippen LogP contribution in [-0.2, 0) is 0 Å². The molecule has 2 aliphatic heterocycles. The second-order valence-electron chi connectivity index (χ2n) is 7.36. The van der Waals surface area contributed by atoms with Crippen molar-refractivity contribution in [3.63, 3.8) is 0 Å². The third kappa shape index (κ3) is 3.42. The molecular weight excluding hydrogens is 462 g/mol. The van der Waals surface area contributed by atoms with E-state index in [2.05, 4.69) is 15.9 Å². The number of benzene rings is 3. The number of ether oxygens (including phenoxy) is 2. The van der Waals surface area contributed by atoms with Crippen LogP contribution in [0.15, 0.2) is 76.3 Å². The van der Waals surface area contributed by atoms with E-state index in [4.69, 9.17) is 14.6 Å². The highest BCUT2D eigenvalue weighted by Gasteiger charge is 2.42. The molecule has 0 saturated heterocycles. The lowest BCUT2D eigenvalue weighted by atomic mass is 9.95. The fourth-order valence-electron chi connectivity index (χ4n) is 4.06. The van der Waals surface area contributed by atoms with E-state index < -0.39 is 11.2 Å². The summed E-state index contributed by atoms with van der Waals surface area (Å²) >= 11 is 3.57. The molecule has 0 radical (unpaired) electrons. The smallest absolute Gasteiger partial charge is 0.269 e. The van der Waals surface area contributed by atoms with Gasteiger partial charge in [-0.15, -0.1) is 0 Å². The highest BCUT2D eigenvalue weighted by atomic mass is 79.9. The molecule has 8 heteroatoms. The van der Waals surface area contributed by atoms with E-state index in [0.29, 0.717) is 17.9 Å². The van der Waals surface area contributed by atoms with Crippen LogP contribution >= 0.6 is 15.9 Å². The van der Waals surface area contributed by atoms with Gasteiger partial charge in [0.15, 0.2) is 11.5 Å². The van der Waals surface area contributed by atoms with Gasteiger partial charge in [0.25, 0.3) is 5.69 Å². The maximum Gasteiger partial charge on any atom is 0.269 e. The van der Waals surface area contributed by atoms with Gasteiger partial charge in [-0.05, 0) is 29.8 Å². The Labute approximate surface area is 187 Å². The van der Waals surface area contributed by atoms with Crippen molar-refractivity contribution in [1.82, 2.24) is 5.01 Å². The Morgan fingerprint density at radius 2 is 1.90 bits per heavy atom. The predicted molar refractivity (Wildman–Crippen MR) is 119 cm³/mol. The number of nitro groups is 1. The second kappa shape index (κ2) is 7.70. The average Bonchev–Trinajstić information content (AvgIpc) is 3.24. The molecule has 31 heavy (non-hydrogen) atoms.